The van der Waals surface area contributed by atoms with E-state index in [4.69, 9.17) is 9.72 Å². The molecular weight excluding hydrogens is 575 g/mol. The maximum absolute atomic E-state index is 13.7. The first-order valence-corrected chi connectivity index (χ1v) is 15.4. The molecule has 1 atom stereocenters. The monoisotopic (exact) mass is 616 g/mol. The highest BCUT2D eigenvalue weighted by Gasteiger charge is 2.31. The zero-order valence-corrected chi connectivity index (χ0v) is 26.1. The Hall–Kier alpha value is -4.72. The van der Waals surface area contributed by atoms with E-state index >= 15 is 0 Å². The molecule has 1 saturated heterocycles. The zero-order valence-electron chi connectivity index (χ0n) is 26.1. The third-order valence-corrected chi connectivity index (χ3v) is 7.54. The number of pyridine rings is 1. The second kappa shape index (κ2) is 15.3. The number of alkyl carbamates (subject to hydrolysis) is 1. The molecule has 1 aromatic carbocycles. The summed E-state index contributed by atoms with van der Waals surface area (Å²) in [5, 5.41) is 18.5. The molecule has 1 aromatic heterocycles. The fraction of sp³-hybridized carbons (Fsp3) is 0.441. The maximum atomic E-state index is 13.7. The molecule has 3 amide bonds. The maximum Gasteiger partial charge on any atom is 0.407 e. The van der Waals surface area contributed by atoms with Crippen LogP contribution in [0, 0.1) is 11.3 Å². The standard InChI is InChI=1S/C34H41FN6O4/c1-34(2,3)45-33(44)38-17-7-19-41-26(12-15-30(41)42)22-39-32(43)28-13-14-29(27-11-5-4-9-24(27)21-36)40-31(28)37-18-16-23-8-6-10-25(35)20-23/h4-5,9-11,13-14,20,26H,6-8,12,15-19,22H2,1-3H3,(H,37,40)(H,38,44)(H,39,43)/t26-/m1/s1. The van der Waals surface area contributed by atoms with Crippen molar-refractivity contribution >= 4 is 23.7 Å². The summed E-state index contributed by atoms with van der Waals surface area (Å²) >= 11 is 0. The van der Waals surface area contributed by atoms with Gasteiger partial charge >= 0.3 is 6.09 Å². The second-order valence-electron chi connectivity index (χ2n) is 12.1. The van der Waals surface area contributed by atoms with Gasteiger partial charge in [-0.25, -0.2) is 14.2 Å². The van der Waals surface area contributed by atoms with Gasteiger partial charge in [-0.1, -0.05) is 23.8 Å². The van der Waals surface area contributed by atoms with Crippen molar-refractivity contribution in [1.82, 2.24) is 20.5 Å². The number of nitrogens with zero attached hydrogens (tertiary/aromatic N) is 3. The molecule has 45 heavy (non-hydrogen) atoms. The Morgan fingerprint density at radius 2 is 1.93 bits per heavy atom. The van der Waals surface area contributed by atoms with Gasteiger partial charge in [0.1, 0.15) is 17.2 Å². The van der Waals surface area contributed by atoms with Crippen LogP contribution in [0.5, 0.6) is 0 Å². The molecule has 0 saturated carbocycles. The number of rotatable bonds is 12. The summed E-state index contributed by atoms with van der Waals surface area (Å²) in [5.41, 5.74) is 2.38. The topological polar surface area (TPSA) is 136 Å². The van der Waals surface area contributed by atoms with Crippen LogP contribution in [-0.4, -0.2) is 65.6 Å². The smallest absolute Gasteiger partial charge is 0.407 e. The van der Waals surface area contributed by atoms with Crippen LogP contribution < -0.4 is 16.0 Å². The van der Waals surface area contributed by atoms with E-state index in [9.17, 15) is 24.0 Å². The Bertz CT molecular complexity index is 1510. The number of nitriles is 1. The second-order valence-corrected chi connectivity index (χ2v) is 12.1. The quantitative estimate of drug-likeness (QED) is 0.263. The number of nitrogens with one attached hydrogen (secondary N) is 3. The normalized spacial score (nSPS) is 16.4. The molecule has 238 valence electrons. The highest BCUT2D eigenvalue weighted by Crippen LogP contribution is 2.26. The third kappa shape index (κ3) is 9.63. The van der Waals surface area contributed by atoms with E-state index in [1.165, 1.54) is 0 Å². The predicted molar refractivity (Wildman–Crippen MR) is 170 cm³/mol. The minimum atomic E-state index is -0.589. The van der Waals surface area contributed by atoms with Gasteiger partial charge in [-0.3, -0.25) is 9.59 Å². The summed E-state index contributed by atoms with van der Waals surface area (Å²) in [5.74, 6) is -0.206. The van der Waals surface area contributed by atoms with Gasteiger partial charge in [0.05, 0.1) is 22.9 Å². The molecule has 11 heteroatoms. The van der Waals surface area contributed by atoms with Crippen molar-refractivity contribution in [2.45, 2.75) is 70.9 Å². The SMILES string of the molecule is CC(C)(C)OC(=O)NCCCN1C(=O)CC[C@@H]1CNC(=O)c1ccc(-c2ccccc2C#N)nc1NCCC1=CC(F)=CCC1. The van der Waals surface area contributed by atoms with Crippen LogP contribution in [0.3, 0.4) is 0 Å². The number of hydrogen-bond donors (Lipinski definition) is 3. The molecular formula is C34H41FN6O4. The number of hydrogen-bond acceptors (Lipinski definition) is 7. The van der Waals surface area contributed by atoms with E-state index < -0.39 is 11.7 Å². The van der Waals surface area contributed by atoms with E-state index in [1.54, 1.807) is 68.2 Å². The van der Waals surface area contributed by atoms with Gasteiger partial charge in [-0.2, -0.15) is 5.26 Å². The van der Waals surface area contributed by atoms with Crippen LogP contribution in [0.4, 0.5) is 15.0 Å². The van der Waals surface area contributed by atoms with Gasteiger partial charge in [0, 0.05) is 44.2 Å². The number of carbonyl (C=O) groups is 3. The zero-order chi connectivity index (χ0) is 32.4. The van der Waals surface area contributed by atoms with Crippen molar-refractivity contribution in [1.29, 1.82) is 5.26 Å². The van der Waals surface area contributed by atoms with Gasteiger partial charge in [0.15, 0.2) is 0 Å². The predicted octanol–water partition coefficient (Wildman–Crippen LogP) is 5.63. The van der Waals surface area contributed by atoms with Crippen LogP contribution in [-0.2, 0) is 9.53 Å². The molecule has 0 unspecified atom stereocenters. The van der Waals surface area contributed by atoms with Crippen molar-refractivity contribution in [3.63, 3.8) is 0 Å². The van der Waals surface area contributed by atoms with Gasteiger partial charge in [0.2, 0.25) is 5.91 Å². The molecule has 1 aliphatic carbocycles. The number of halogens is 1. The largest absolute Gasteiger partial charge is 0.444 e. The van der Waals surface area contributed by atoms with Crippen molar-refractivity contribution < 1.29 is 23.5 Å². The lowest BCUT2D eigenvalue weighted by Crippen LogP contribution is -2.43. The third-order valence-electron chi connectivity index (χ3n) is 7.54. The van der Waals surface area contributed by atoms with Crippen LogP contribution in [0.25, 0.3) is 11.3 Å². The minimum absolute atomic E-state index is 0.0133. The summed E-state index contributed by atoms with van der Waals surface area (Å²) in [6.07, 6.45) is 6.20. The minimum Gasteiger partial charge on any atom is -0.444 e. The van der Waals surface area contributed by atoms with Crippen molar-refractivity contribution in [3.05, 3.63) is 71.1 Å². The molecule has 2 heterocycles. The number of allylic oxidation sites excluding steroid dienone is 3. The average molecular weight is 617 g/mol. The molecule has 0 radical (unpaired) electrons. The highest BCUT2D eigenvalue weighted by atomic mass is 19.1. The summed E-state index contributed by atoms with van der Waals surface area (Å²) in [4.78, 5) is 44.4. The summed E-state index contributed by atoms with van der Waals surface area (Å²) in [7, 11) is 0. The van der Waals surface area contributed by atoms with Crippen LogP contribution in [0.1, 0.15) is 75.2 Å². The summed E-state index contributed by atoms with van der Waals surface area (Å²) < 4.78 is 19.0. The first kappa shape index (κ1) is 33.2. The number of ether oxygens (including phenoxy) is 1. The van der Waals surface area contributed by atoms with E-state index in [2.05, 4.69) is 22.0 Å². The number of benzene rings is 1. The number of likely N-dealkylation sites (tertiary alicyclic amines) is 1. The van der Waals surface area contributed by atoms with Crippen molar-refractivity contribution in [3.8, 4) is 17.3 Å². The van der Waals surface area contributed by atoms with Gasteiger partial charge in [0.25, 0.3) is 5.91 Å². The Morgan fingerprint density at radius 1 is 1.13 bits per heavy atom. The molecule has 2 aromatic rings. The summed E-state index contributed by atoms with van der Waals surface area (Å²) in [6.45, 7) is 6.89. The highest BCUT2D eigenvalue weighted by molar-refractivity contribution is 5.99. The number of carbonyl (C=O) groups excluding carboxylic acids is 3. The lowest BCUT2D eigenvalue weighted by molar-refractivity contribution is -0.128. The Labute approximate surface area is 263 Å². The number of amides is 3. The Balaban J connectivity index is 1.41. The first-order valence-electron chi connectivity index (χ1n) is 15.4. The van der Waals surface area contributed by atoms with Crippen molar-refractivity contribution in [2.75, 3.05) is 31.5 Å². The number of anilines is 1. The van der Waals surface area contributed by atoms with Gasteiger partial charge in [-0.15, -0.1) is 0 Å². The molecule has 10 nitrogen and oxygen atoms in total. The van der Waals surface area contributed by atoms with E-state index in [0.29, 0.717) is 79.9 Å². The molecule has 1 aliphatic heterocycles. The molecule has 1 fully saturated rings. The van der Waals surface area contributed by atoms with E-state index in [-0.39, 0.29) is 30.2 Å². The first-order chi connectivity index (χ1) is 21.5. The average Bonchev–Trinajstić information content (AvgIpc) is 3.35. The summed E-state index contributed by atoms with van der Waals surface area (Å²) in [6, 6.07) is 12.5. The fourth-order valence-electron chi connectivity index (χ4n) is 5.36. The fourth-order valence-corrected chi connectivity index (χ4v) is 5.36. The van der Waals surface area contributed by atoms with E-state index in [1.807, 2.05) is 6.07 Å². The Morgan fingerprint density at radius 3 is 2.69 bits per heavy atom. The number of aromatic nitrogens is 1. The Kier molecular flexibility index (Phi) is 11.3. The van der Waals surface area contributed by atoms with Crippen LogP contribution >= 0.6 is 0 Å². The van der Waals surface area contributed by atoms with Crippen LogP contribution in [0.15, 0.2) is 60.0 Å². The molecule has 2 aliphatic rings. The molecule has 0 spiro atoms. The van der Waals surface area contributed by atoms with Crippen LogP contribution in [0.2, 0.25) is 0 Å². The molecule has 0 bridgehead atoms. The molecule has 3 N–H and O–H groups in total. The molecule has 4 rings (SSSR count). The lowest BCUT2D eigenvalue weighted by Gasteiger charge is -2.25. The van der Waals surface area contributed by atoms with Gasteiger partial charge in [-0.05, 0) is 83.2 Å². The van der Waals surface area contributed by atoms with E-state index in [0.717, 1.165) is 12.0 Å². The van der Waals surface area contributed by atoms with Gasteiger partial charge < -0.3 is 25.6 Å². The lowest BCUT2D eigenvalue weighted by atomic mass is 10.0. The van der Waals surface area contributed by atoms with Crippen molar-refractivity contribution in [2.24, 2.45) is 0 Å².